The normalized spacial score (nSPS) is 10.7. The van der Waals surface area contributed by atoms with Gasteiger partial charge in [0.15, 0.2) is 0 Å². The summed E-state index contributed by atoms with van der Waals surface area (Å²) >= 11 is 1.68. The lowest BCUT2D eigenvalue weighted by molar-refractivity contribution is 0.262. The van der Waals surface area contributed by atoms with E-state index in [4.69, 9.17) is 4.98 Å². The van der Waals surface area contributed by atoms with E-state index in [2.05, 4.69) is 35.8 Å². The molecule has 3 aromatic carbocycles. The Balaban J connectivity index is 1.46. The zero-order valence-corrected chi connectivity index (χ0v) is 15.9. The van der Waals surface area contributed by atoms with Gasteiger partial charge < -0.3 is 10.6 Å². The number of nitrogens with one attached hydrogen (secondary N) is 2. The molecular weight excluding hydrogens is 354 g/mol. The number of nitrogens with zero attached hydrogens (tertiary/aromatic N) is 1. The number of carbonyl (C=O) groups excluding carboxylic acids is 1. The number of anilines is 2. The first-order valence-corrected chi connectivity index (χ1v) is 9.51. The van der Waals surface area contributed by atoms with Crippen molar-refractivity contribution < 1.29 is 4.79 Å². The van der Waals surface area contributed by atoms with Gasteiger partial charge >= 0.3 is 6.03 Å². The highest BCUT2D eigenvalue weighted by Gasteiger charge is 2.08. The van der Waals surface area contributed by atoms with E-state index in [0.717, 1.165) is 33.0 Å². The Morgan fingerprint density at radius 1 is 0.815 bits per heavy atom. The number of urea groups is 1. The average molecular weight is 373 g/mol. The molecule has 0 spiro atoms. The van der Waals surface area contributed by atoms with E-state index in [9.17, 15) is 4.79 Å². The quantitative estimate of drug-likeness (QED) is 0.447. The van der Waals surface area contributed by atoms with Crippen LogP contribution >= 0.6 is 11.3 Å². The maximum Gasteiger partial charge on any atom is 0.323 e. The van der Waals surface area contributed by atoms with Gasteiger partial charge in [-0.2, -0.15) is 0 Å². The number of aromatic nitrogens is 1. The van der Waals surface area contributed by atoms with Gasteiger partial charge in [0.05, 0.1) is 10.2 Å². The van der Waals surface area contributed by atoms with Crippen molar-refractivity contribution in [3.63, 3.8) is 0 Å². The van der Waals surface area contributed by atoms with Gasteiger partial charge in [-0.05, 0) is 67.9 Å². The van der Waals surface area contributed by atoms with Gasteiger partial charge in [0.25, 0.3) is 0 Å². The van der Waals surface area contributed by atoms with Crippen LogP contribution in [-0.2, 0) is 0 Å². The number of aryl methyl sites for hydroxylation is 2. The Morgan fingerprint density at radius 2 is 1.41 bits per heavy atom. The molecule has 0 unspecified atom stereocenters. The molecular formula is C22H19N3OS. The fraction of sp³-hybridized carbons (Fsp3) is 0.0909. The lowest BCUT2D eigenvalue weighted by Gasteiger charge is -2.08. The predicted molar refractivity (Wildman–Crippen MR) is 114 cm³/mol. The molecule has 0 bridgehead atoms. The molecule has 0 radical (unpaired) electrons. The van der Waals surface area contributed by atoms with Gasteiger partial charge in [-0.1, -0.05) is 23.8 Å². The van der Waals surface area contributed by atoms with Crippen molar-refractivity contribution in [2.24, 2.45) is 0 Å². The van der Waals surface area contributed by atoms with Gasteiger partial charge in [-0.3, -0.25) is 0 Å². The van der Waals surface area contributed by atoms with Gasteiger partial charge in [0.2, 0.25) is 0 Å². The third kappa shape index (κ3) is 3.99. The number of amides is 2. The van der Waals surface area contributed by atoms with E-state index in [1.54, 1.807) is 11.3 Å². The van der Waals surface area contributed by atoms with Gasteiger partial charge in [0, 0.05) is 16.9 Å². The van der Waals surface area contributed by atoms with Crippen LogP contribution < -0.4 is 10.6 Å². The van der Waals surface area contributed by atoms with Crippen LogP contribution in [0.3, 0.4) is 0 Å². The van der Waals surface area contributed by atoms with Crippen molar-refractivity contribution >= 4 is 39.0 Å². The standard InChI is InChI=1S/C22H19N3OS/c1-14-3-8-17(9-4-14)23-22(26)24-18-10-6-16(7-11-18)21-25-19-12-5-15(2)13-20(19)27-21/h3-13H,1-2H3,(H2,23,24,26). The zero-order chi connectivity index (χ0) is 18.8. The third-order valence-electron chi connectivity index (χ3n) is 4.24. The minimum Gasteiger partial charge on any atom is -0.308 e. The second kappa shape index (κ2) is 7.21. The van der Waals surface area contributed by atoms with Crippen LogP contribution in [0.15, 0.2) is 66.7 Å². The molecule has 4 rings (SSSR count). The fourth-order valence-corrected chi connectivity index (χ4v) is 3.85. The molecule has 0 saturated carbocycles. The average Bonchev–Trinajstić information content (AvgIpc) is 3.07. The van der Waals surface area contributed by atoms with Gasteiger partial charge in [0.1, 0.15) is 5.01 Å². The summed E-state index contributed by atoms with van der Waals surface area (Å²) < 4.78 is 1.18. The highest BCUT2D eigenvalue weighted by atomic mass is 32.1. The number of hydrogen-bond acceptors (Lipinski definition) is 3. The second-order valence-corrected chi connectivity index (χ2v) is 7.54. The number of fused-ring (bicyclic) bond motifs is 1. The zero-order valence-electron chi connectivity index (χ0n) is 15.1. The molecule has 0 atom stereocenters. The minimum atomic E-state index is -0.262. The molecule has 0 fully saturated rings. The van der Waals surface area contributed by atoms with Crippen molar-refractivity contribution in [2.75, 3.05) is 10.6 Å². The molecule has 2 N–H and O–H groups in total. The van der Waals surface area contributed by atoms with E-state index < -0.39 is 0 Å². The van der Waals surface area contributed by atoms with Gasteiger partial charge in [-0.25, -0.2) is 9.78 Å². The Hall–Kier alpha value is -3.18. The molecule has 4 aromatic rings. The van der Waals surface area contributed by atoms with Crippen LogP contribution in [-0.4, -0.2) is 11.0 Å². The molecule has 0 saturated heterocycles. The van der Waals surface area contributed by atoms with Crippen LogP contribution in [0.1, 0.15) is 11.1 Å². The van der Waals surface area contributed by atoms with E-state index >= 15 is 0 Å². The first kappa shape index (κ1) is 17.2. The summed E-state index contributed by atoms with van der Waals surface area (Å²) in [5, 5.41) is 6.66. The summed E-state index contributed by atoms with van der Waals surface area (Å²) in [6, 6.07) is 21.4. The molecule has 2 amide bonds. The minimum absolute atomic E-state index is 0.262. The summed E-state index contributed by atoms with van der Waals surface area (Å²) in [6.45, 7) is 4.10. The highest BCUT2D eigenvalue weighted by molar-refractivity contribution is 7.21. The summed E-state index contributed by atoms with van der Waals surface area (Å²) in [7, 11) is 0. The van der Waals surface area contributed by atoms with Crippen LogP contribution in [0, 0.1) is 13.8 Å². The number of rotatable bonds is 3. The molecule has 4 nitrogen and oxygen atoms in total. The van der Waals surface area contributed by atoms with Crippen LogP contribution in [0.5, 0.6) is 0 Å². The maximum absolute atomic E-state index is 12.1. The van der Waals surface area contributed by atoms with E-state index in [1.165, 1.54) is 10.3 Å². The number of hydrogen-bond donors (Lipinski definition) is 2. The second-order valence-electron chi connectivity index (χ2n) is 6.51. The predicted octanol–water partition coefficient (Wildman–Crippen LogP) is 6.22. The SMILES string of the molecule is Cc1ccc(NC(=O)Nc2ccc(-c3nc4ccc(C)cc4s3)cc2)cc1. The molecule has 1 heterocycles. The first-order valence-electron chi connectivity index (χ1n) is 8.69. The Morgan fingerprint density at radius 3 is 2.07 bits per heavy atom. The number of benzene rings is 3. The number of carbonyl (C=O) groups is 1. The Kier molecular flexibility index (Phi) is 4.60. The summed E-state index contributed by atoms with van der Waals surface area (Å²) in [5.74, 6) is 0. The molecule has 5 heteroatoms. The number of thiazole rings is 1. The fourth-order valence-electron chi connectivity index (χ4n) is 2.78. The smallest absolute Gasteiger partial charge is 0.308 e. The highest BCUT2D eigenvalue weighted by Crippen LogP contribution is 2.31. The van der Waals surface area contributed by atoms with Gasteiger partial charge in [-0.15, -0.1) is 11.3 Å². The van der Waals surface area contributed by atoms with E-state index in [1.807, 2.05) is 55.5 Å². The van der Waals surface area contributed by atoms with Crippen molar-refractivity contribution in [2.45, 2.75) is 13.8 Å². The molecule has 27 heavy (non-hydrogen) atoms. The Bertz CT molecular complexity index is 1100. The summed E-state index contributed by atoms with van der Waals surface area (Å²) in [6.07, 6.45) is 0. The third-order valence-corrected chi connectivity index (χ3v) is 5.31. The summed E-state index contributed by atoms with van der Waals surface area (Å²) in [4.78, 5) is 16.8. The monoisotopic (exact) mass is 373 g/mol. The van der Waals surface area contributed by atoms with Crippen LogP contribution in [0.2, 0.25) is 0 Å². The first-order chi connectivity index (χ1) is 13.1. The molecule has 0 aliphatic heterocycles. The van der Waals surface area contributed by atoms with Crippen molar-refractivity contribution in [3.05, 3.63) is 77.9 Å². The van der Waals surface area contributed by atoms with E-state index in [0.29, 0.717) is 0 Å². The van der Waals surface area contributed by atoms with Crippen LogP contribution in [0.25, 0.3) is 20.8 Å². The molecule has 1 aromatic heterocycles. The largest absolute Gasteiger partial charge is 0.323 e. The van der Waals surface area contributed by atoms with Crippen molar-refractivity contribution in [1.82, 2.24) is 4.98 Å². The van der Waals surface area contributed by atoms with Crippen molar-refractivity contribution in [1.29, 1.82) is 0 Å². The lowest BCUT2D eigenvalue weighted by atomic mass is 10.2. The lowest BCUT2D eigenvalue weighted by Crippen LogP contribution is -2.19. The molecule has 0 aliphatic carbocycles. The maximum atomic E-state index is 12.1. The molecule has 134 valence electrons. The Labute approximate surface area is 161 Å². The van der Waals surface area contributed by atoms with E-state index in [-0.39, 0.29) is 6.03 Å². The molecule has 0 aliphatic rings. The van der Waals surface area contributed by atoms with Crippen LogP contribution in [0.4, 0.5) is 16.2 Å². The summed E-state index contributed by atoms with van der Waals surface area (Å²) in [5.41, 5.74) is 5.94. The van der Waals surface area contributed by atoms with Crippen molar-refractivity contribution in [3.8, 4) is 10.6 Å². The topological polar surface area (TPSA) is 54.0 Å².